The van der Waals surface area contributed by atoms with Gasteiger partial charge in [-0.2, -0.15) is 0 Å². The van der Waals surface area contributed by atoms with E-state index >= 15 is 0 Å². The standard InChI is InChI=1S/C27H41N5O2/c1-4-12-31-13-8-10-20-21-9-7-11-23-26(21)22(18-24(20)31)25(19-29-14-16-34-17-15-29)32(23)28-27(33)30(5-2)6-3/h7,9,11,20,24H,4-6,8,10,12-19H2,1-3H3,(H,28,33)/t20-,24-/m1/s1. The van der Waals surface area contributed by atoms with E-state index in [-0.39, 0.29) is 6.03 Å². The topological polar surface area (TPSA) is 53.0 Å². The largest absolute Gasteiger partial charge is 0.379 e. The van der Waals surface area contributed by atoms with Crippen molar-refractivity contribution in [2.24, 2.45) is 0 Å². The Morgan fingerprint density at radius 3 is 2.68 bits per heavy atom. The van der Waals surface area contributed by atoms with Gasteiger partial charge in [0.15, 0.2) is 0 Å². The third-order valence-electron chi connectivity index (χ3n) is 8.19. The number of benzene rings is 1. The quantitative estimate of drug-likeness (QED) is 0.669. The molecule has 2 fully saturated rings. The zero-order valence-corrected chi connectivity index (χ0v) is 21.2. The summed E-state index contributed by atoms with van der Waals surface area (Å²) in [6.45, 7) is 14.4. The normalized spacial score (nSPS) is 23.1. The second-order valence-corrected chi connectivity index (χ2v) is 10.0. The lowest BCUT2D eigenvalue weighted by molar-refractivity contribution is 0.0331. The summed E-state index contributed by atoms with van der Waals surface area (Å²) in [4.78, 5) is 20.3. The van der Waals surface area contributed by atoms with Crippen LogP contribution in [0.15, 0.2) is 18.2 Å². The van der Waals surface area contributed by atoms with E-state index in [9.17, 15) is 4.79 Å². The number of hydrogen-bond donors (Lipinski definition) is 1. The van der Waals surface area contributed by atoms with E-state index in [1.807, 2.05) is 18.7 Å². The molecule has 0 radical (unpaired) electrons. The molecule has 0 saturated carbocycles. The smallest absolute Gasteiger partial charge is 0.336 e. The van der Waals surface area contributed by atoms with Crippen LogP contribution in [0.25, 0.3) is 10.9 Å². The highest BCUT2D eigenvalue weighted by Crippen LogP contribution is 2.45. The van der Waals surface area contributed by atoms with Crippen LogP contribution in [-0.4, -0.2) is 83.9 Å². The number of fused-ring (bicyclic) bond motifs is 2. The molecule has 1 aromatic heterocycles. The molecule has 3 heterocycles. The van der Waals surface area contributed by atoms with Crippen molar-refractivity contribution in [1.82, 2.24) is 19.4 Å². The molecule has 2 saturated heterocycles. The van der Waals surface area contributed by atoms with Crippen LogP contribution in [0.4, 0.5) is 4.79 Å². The van der Waals surface area contributed by atoms with E-state index in [1.165, 1.54) is 54.6 Å². The van der Waals surface area contributed by atoms with Gasteiger partial charge in [-0.3, -0.25) is 14.5 Å². The number of morpholine rings is 1. The van der Waals surface area contributed by atoms with Crippen molar-refractivity contribution in [3.63, 3.8) is 0 Å². The number of hydrogen-bond acceptors (Lipinski definition) is 4. The fourth-order valence-corrected chi connectivity index (χ4v) is 6.50. The van der Waals surface area contributed by atoms with E-state index < -0.39 is 0 Å². The molecule has 2 amide bonds. The van der Waals surface area contributed by atoms with Gasteiger partial charge in [-0.05, 0) is 69.8 Å². The predicted molar refractivity (Wildman–Crippen MR) is 137 cm³/mol. The lowest BCUT2D eigenvalue weighted by atomic mass is 9.74. The highest BCUT2D eigenvalue weighted by molar-refractivity contribution is 5.93. The molecule has 0 spiro atoms. The number of likely N-dealkylation sites (tertiary alicyclic amines) is 1. The molecule has 5 rings (SSSR count). The fourth-order valence-electron chi connectivity index (χ4n) is 6.50. The summed E-state index contributed by atoms with van der Waals surface area (Å²) >= 11 is 0. The summed E-state index contributed by atoms with van der Waals surface area (Å²) in [5.74, 6) is 0.585. The zero-order valence-electron chi connectivity index (χ0n) is 21.2. The summed E-state index contributed by atoms with van der Waals surface area (Å²) in [7, 11) is 0. The number of ether oxygens (including phenoxy) is 1. The van der Waals surface area contributed by atoms with Gasteiger partial charge in [-0.15, -0.1) is 0 Å². The van der Waals surface area contributed by atoms with E-state index in [4.69, 9.17) is 4.74 Å². The first kappa shape index (κ1) is 23.6. The van der Waals surface area contributed by atoms with Gasteiger partial charge in [0.25, 0.3) is 0 Å². The van der Waals surface area contributed by atoms with Gasteiger partial charge in [0.1, 0.15) is 0 Å². The van der Waals surface area contributed by atoms with Crippen molar-refractivity contribution < 1.29 is 9.53 Å². The van der Waals surface area contributed by atoms with Crippen LogP contribution in [0.5, 0.6) is 0 Å². The van der Waals surface area contributed by atoms with Crippen LogP contribution >= 0.6 is 0 Å². The maximum absolute atomic E-state index is 13.2. The molecule has 7 nitrogen and oxygen atoms in total. The third kappa shape index (κ3) is 4.23. The average Bonchev–Trinajstić information content (AvgIpc) is 3.14. The Bertz CT molecular complexity index is 1010. The number of nitrogens with zero attached hydrogens (tertiary/aromatic N) is 4. The number of rotatable bonds is 7. The number of urea groups is 1. The molecule has 34 heavy (non-hydrogen) atoms. The van der Waals surface area contributed by atoms with Crippen LogP contribution in [0, 0.1) is 0 Å². The molecule has 7 heteroatoms. The molecule has 186 valence electrons. The van der Waals surface area contributed by atoms with Gasteiger partial charge in [0.2, 0.25) is 0 Å². The van der Waals surface area contributed by atoms with Gasteiger partial charge < -0.3 is 9.64 Å². The Hall–Kier alpha value is -2.09. The highest BCUT2D eigenvalue weighted by Gasteiger charge is 2.39. The molecule has 1 N–H and O–H groups in total. The summed E-state index contributed by atoms with van der Waals surface area (Å²) in [6, 6.07) is 7.28. The molecule has 0 bridgehead atoms. The maximum Gasteiger partial charge on any atom is 0.336 e. The van der Waals surface area contributed by atoms with Crippen LogP contribution in [0.3, 0.4) is 0 Å². The minimum Gasteiger partial charge on any atom is -0.379 e. The zero-order chi connectivity index (χ0) is 23.7. The summed E-state index contributed by atoms with van der Waals surface area (Å²) in [6.07, 6.45) is 4.81. The molecule has 2 aliphatic heterocycles. The van der Waals surface area contributed by atoms with Gasteiger partial charge in [0, 0.05) is 50.1 Å². The number of aromatic nitrogens is 1. The Kier molecular flexibility index (Phi) is 7.14. The van der Waals surface area contributed by atoms with E-state index in [0.717, 1.165) is 44.8 Å². The average molecular weight is 468 g/mol. The molecule has 1 aliphatic carbocycles. The Morgan fingerprint density at radius 1 is 1.15 bits per heavy atom. The summed E-state index contributed by atoms with van der Waals surface area (Å²) in [5, 5.41) is 1.39. The minimum absolute atomic E-state index is 0.0219. The van der Waals surface area contributed by atoms with E-state index in [1.54, 1.807) is 0 Å². The van der Waals surface area contributed by atoms with Crippen LogP contribution in [0.2, 0.25) is 0 Å². The van der Waals surface area contributed by atoms with Crippen LogP contribution < -0.4 is 5.43 Å². The molecule has 0 unspecified atom stereocenters. The number of nitrogens with one attached hydrogen (secondary N) is 1. The van der Waals surface area contributed by atoms with Crippen LogP contribution in [0.1, 0.15) is 62.8 Å². The van der Waals surface area contributed by atoms with Crippen molar-refractivity contribution in [3.8, 4) is 0 Å². The molecular formula is C27H41N5O2. The molecule has 3 aliphatic rings. The van der Waals surface area contributed by atoms with E-state index in [0.29, 0.717) is 25.0 Å². The predicted octanol–water partition coefficient (Wildman–Crippen LogP) is 3.99. The monoisotopic (exact) mass is 467 g/mol. The van der Waals surface area contributed by atoms with Gasteiger partial charge in [-0.25, -0.2) is 10.2 Å². The number of carbonyl (C=O) groups excluding carboxylic acids is 1. The van der Waals surface area contributed by atoms with Crippen molar-refractivity contribution in [3.05, 3.63) is 35.0 Å². The lowest BCUT2D eigenvalue weighted by Gasteiger charge is -2.44. The SMILES string of the molecule is CCCN1CCC[C@@H]2c3cccc4c3c(c(CN3CCOCC3)n4NC(=O)N(CC)CC)C[C@H]21. The summed E-state index contributed by atoms with van der Waals surface area (Å²) < 4.78 is 7.75. The fraction of sp³-hybridized carbons (Fsp3) is 0.667. The first-order valence-electron chi connectivity index (χ1n) is 13.4. The first-order valence-corrected chi connectivity index (χ1v) is 13.4. The number of carbonyl (C=O) groups is 1. The Labute approximate surface area is 204 Å². The maximum atomic E-state index is 13.2. The van der Waals surface area contributed by atoms with Crippen molar-refractivity contribution in [1.29, 1.82) is 0 Å². The first-order chi connectivity index (χ1) is 16.7. The van der Waals surface area contributed by atoms with Crippen molar-refractivity contribution >= 4 is 16.9 Å². The number of piperidine rings is 1. The Morgan fingerprint density at radius 2 is 1.94 bits per heavy atom. The van der Waals surface area contributed by atoms with Gasteiger partial charge in [-0.1, -0.05) is 19.1 Å². The van der Waals surface area contributed by atoms with Gasteiger partial charge in [0.05, 0.1) is 24.4 Å². The summed E-state index contributed by atoms with van der Waals surface area (Å²) in [5.41, 5.74) is 8.65. The second-order valence-electron chi connectivity index (χ2n) is 10.0. The second kappa shape index (κ2) is 10.3. The third-order valence-corrected chi connectivity index (χ3v) is 8.19. The van der Waals surface area contributed by atoms with Gasteiger partial charge >= 0.3 is 6.03 Å². The minimum atomic E-state index is -0.0219. The molecule has 2 aromatic rings. The molecule has 2 atom stereocenters. The van der Waals surface area contributed by atoms with Crippen molar-refractivity contribution in [2.45, 2.75) is 65.0 Å². The van der Waals surface area contributed by atoms with E-state index in [2.05, 4.69) is 45.0 Å². The van der Waals surface area contributed by atoms with Crippen molar-refractivity contribution in [2.75, 3.05) is 57.9 Å². The highest BCUT2D eigenvalue weighted by atomic mass is 16.5. The Balaban J connectivity index is 1.61. The molecule has 1 aromatic carbocycles. The van der Waals surface area contributed by atoms with Crippen LogP contribution in [-0.2, 0) is 17.7 Å². The molecular weight excluding hydrogens is 426 g/mol. The lowest BCUT2D eigenvalue weighted by Crippen LogP contribution is -2.47. The number of amides is 2.